The summed E-state index contributed by atoms with van der Waals surface area (Å²) < 4.78 is 0. The van der Waals surface area contributed by atoms with Gasteiger partial charge in [0.15, 0.2) is 0 Å². The number of nitrogens with zero attached hydrogens (tertiary/aromatic N) is 1. The fourth-order valence-electron chi connectivity index (χ4n) is 1.62. The van der Waals surface area contributed by atoms with Gasteiger partial charge in [0.1, 0.15) is 0 Å². The fraction of sp³-hybridized carbons (Fsp3) is 0. The molecule has 2 heteroatoms. The highest BCUT2D eigenvalue weighted by Crippen LogP contribution is 2.26. The van der Waals surface area contributed by atoms with E-state index in [1.54, 1.807) is 11.3 Å². The Morgan fingerprint density at radius 2 is 2.13 bits per heavy atom. The Labute approximate surface area is 92.0 Å². The van der Waals surface area contributed by atoms with Crippen molar-refractivity contribution >= 4 is 22.2 Å². The predicted molar refractivity (Wildman–Crippen MR) is 63.9 cm³/mol. The molecule has 2 heterocycles. The molecule has 3 rings (SSSR count). The lowest BCUT2D eigenvalue weighted by molar-refractivity contribution is 1.41. The second-order valence-electron chi connectivity index (χ2n) is 3.33. The average molecular weight is 210 g/mol. The largest absolute Gasteiger partial charge is 0.256 e. The molecule has 0 aliphatic heterocycles. The van der Waals surface area contributed by atoms with E-state index in [0.29, 0.717) is 0 Å². The van der Waals surface area contributed by atoms with Gasteiger partial charge in [-0.3, -0.25) is 4.98 Å². The zero-order valence-electron chi connectivity index (χ0n) is 7.97. The number of hydrogen-bond acceptors (Lipinski definition) is 2. The van der Waals surface area contributed by atoms with Crippen molar-refractivity contribution in [3.05, 3.63) is 54.0 Å². The highest BCUT2D eigenvalue weighted by atomic mass is 32.1. The number of hydrogen-bond donors (Lipinski definition) is 0. The van der Waals surface area contributed by atoms with Crippen LogP contribution in [0.2, 0.25) is 0 Å². The third-order valence-corrected chi connectivity index (χ3v) is 3.21. The summed E-state index contributed by atoms with van der Waals surface area (Å²) in [4.78, 5) is 5.58. The predicted octanol–water partition coefficient (Wildman–Crippen LogP) is 3.76. The van der Waals surface area contributed by atoms with Gasteiger partial charge < -0.3 is 0 Å². The number of aromatic nitrogens is 1. The highest BCUT2D eigenvalue weighted by Gasteiger charge is 2.00. The van der Waals surface area contributed by atoms with E-state index in [2.05, 4.69) is 40.7 Å². The maximum atomic E-state index is 4.35. The van der Waals surface area contributed by atoms with E-state index >= 15 is 0 Å². The third-order valence-electron chi connectivity index (χ3n) is 2.36. The van der Waals surface area contributed by atoms with Gasteiger partial charge in [-0.15, -0.1) is 11.3 Å². The van der Waals surface area contributed by atoms with E-state index in [0.717, 1.165) is 5.52 Å². The van der Waals surface area contributed by atoms with Crippen molar-refractivity contribution < 1.29 is 0 Å². The van der Waals surface area contributed by atoms with Crippen LogP contribution in [0.15, 0.2) is 48.7 Å². The molecule has 2 aromatic heterocycles. The molecule has 0 aliphatic carbocycles. The number of thiophene rings is 1. The molecule has 1 nitrogen and oxygen atoms in total. The smallest absolute Gasteiger partial charge is 0.0708 e. The molecule has 0 fully saturated rings. The maximum absolute atomic E-state index is 4.35. The lowest BCUT2D eigenvalue weighted by Crippen LogP contribution is -1.78. The molecule has 0 unspecified atom stereocenters. The minimum absolute atomic E-state index is 1.04. The van der Waals surface area contributed by atoms with Crippen molar-refractivity contribution in [3.8, 4) is 10.4 Å². The van der Waals surface area contributed by atoms with Crippen molar-refractivity contribution in [1.82, 2.24) is 4.98 Å². The van der Waals surface area contributed by atoms with Gasteiger partial charge in [-0.25, -0.2) is 0 Å². The fourth-order valence-corrected chi connectivity index (χ4v) is 2.26. The molecular formula is C13H8NS. The van der Waals surface area contributed by atoms with Crippen LogP contribution in [-0.2, 0) is 0 Å². The Bertz CT molecular complexity index is 584. The Hall–Kier alpha value is -1.67. The van der Waals surface area contributed by atoms with Gasteiger partial charge in [0.05, 0.1) is 5.52 Å². The van der Waals surface area contributed by atoms with E-state index in [1.165, 1.54) is 15.8 Å². The van der Waals surface area contributed by atoms with Gasteiger partial charge in [-0.05, 0) is 29.8 Å². The molecule has 71 valence electrons. The summed E-state index contributed by atoms with van der Waals surface area (Å²) in [7, 11) is 0. The SMILES string of the molecule is [c]1ccc(-c2ccc3cccnc3c2)s1. The summed E-state index contributed by atoms with van der Waals surface area (Å²) in [5, 5.41) is 4.28. The third kappa shape index (κ3) is 1.53. The number of fused-ring (bicyclic) bond motifs is 1. The van der Waals surface area contributed by atoms with Crippen molar-refractivity contribution in [3.63, 3.8) is 0 Å². The van der Waals surface area contributed by atoms with Crippen LogP contribution >= 0.6 is 11.3 Å². The Balaban J connectivity index is 2.22. The van der Waals surface area contributed by atoms with Crippen LogP contribution in [0.3, 0.4) is 0 Å². The molecule has 0 amide bonds. The first-order valence-electron chi connectivity index (χ1n) is 4.74. The molecule has 0 saturated carbocycles. The molecule has 3 aromatic rings. The molecule has 0 saturated heterocycles. The minimum Gasteiger partial charge on any atom is -0.256 e. The molecule has 1 radical (unpaired) electrons. The van der Waals surface area contributed by atoms with Gasteiger partial charge in [0, 0.05) is 21.8 Å². The van der Waals surface area contributed by atoms with Crippen molar-refractivity contribution in [1.29, 1.82) is 0 Å². The van der Waals surface area contributed by atoms with Gasteiger partial charge in [0.2, 0.25) is 0 Å². The van der Waals surface area contributed by atoms with Crippen LogP contribution in [0, 0.1) is 5.38 Å². The van der Waals surface area contributed by atoms with Gasteiger partial charge in [0.25, 0.3) is 0 Å². The van der Waals surface area contributed by atoms with Gasteiger partial charge in [-0.1, -0.05) is 18.2 Å². The van der Waals surface area contributed by atoms with Crippen LogP contribution in [0.5, 0.6) is 0 Å². The summed E-state index contributed by atoms with van der Waals surface area (Å²) in [6.07, 6.45) is 1.83. The zero-order chi connectivity index (χ0) is 10.1. The molecule has 0 spiro atoms. The normalized spacial score (nSPS) is 10.7. The van der Waals surface area contributed by atoms with Crippen molar-refractivity contribution in [2.75, 3.05) is 0 Å². The van der Waals surface area contributed by atoms with Crippen LogP contribution in [0.4, 0.5) is 0 Å². The topological polar surface area (TPSA) is 12.9 Å². The molecule has 1 aromatic carbocycles. The molecule has 0 bridgehead atoms. The summed E-state index contributed by atoms with van der Waals surface area (Å²) in [5.41, 5.74) is 2.26. The Kier molecular flexibility index (Phi) is 2.00. The van der Waals surface area contributed by atoms with Crippen molar-refractivity contribution in [2.24, 2.45) is 0 Å². The summed E-state index contributed by atoms with van der Waals surface area (Å²) in [5.74, 6) is 0. The average Bonchev–Trinajstić information content (AvgIpc) is 2.82. The van der Waals surface area contributed by atoms with Crippen LogP contribution in [0.25, 0.3) is 21.3 Å². The second-order valence-corrected chi connectivity index (χ2v) is 4.21. The Morgan fingerprint density at radius 1 is 1.13 bits per heavy atom. The number of benzene rings is 1. The van der Waals surface area contributed by atoms with E-state index in [4.69, 9.17) is 0 Å². The lowest BCUT2D eigenvalue weighted by Gasteiger charge is -2.00. The quantitative estimate of drug-likeness (QED) is 0.596. The van der Waals surface area contributed by atoms with E-state index < -0.39 is 0 Å². The lowest BCUT2D eigenvalue weighted by atomic mass is 10.1. The monoisotopic (exact) mass is 210 g/mol. The van der Waals surface area contributed by atoms with E-state index in [9.17, 15) is 0 Å². The Morgan fingerprint density at radius 3 is 3.00 bits per heavy atom. The zero-order valence-corrected chi connectivity index (χ0v) is 8.79. The first kappa shape index (κ1) is 8.62. The van der Waals surface area contributed by atoms with Crippen LogP contribution < -0.4 is 0 Å². The molecular weight excluding hydrogens is 202 g/mol. The van der Waals surface area contributed by atoms with E-state index in [-0.39, 0.29) is 0 Å². The van der Waals surface area contributed by atoms with Crippen LogP contribution in [-0.4, -0.2) is 4.98 Å². The standard InChI is InChI=1S/C13H8NS/c1-3-10-5-6-11(9-12(10)14-7-1)13-4-2-8-15-13/h1-7,9H. The summed E-state index contributed by atoms with van der Waals surface area (Å²) >= 11 is 1.63. The molecule has 15 heavy (non-hydrogen) atoms. The van der Waals surface area contributed by atoms with E-state index in [1.807, 2.05) is 18.3 Å². The summed E-state index contributed by atoms with van der Waals surface area (Å²) in [6.45, 7) is 0. The second kappa shape index (κ2) is 3.48. The minimum atomic E-state index is 1.04. The maximum Gasteiger partial charge on any atom is 0.0708 e. The first-order valence-corrected chi connectivity index (χ1v) is 5.56. The van der Waals surface area contributed by atoms with Crippen molar-refractivity contribution in [2.45, 2.75) is 0 Å². The van der Waals surface area contributed by atoms with Gasteiger partial charge >= 0.3 is 0 Å². The van der Waals surface area contributed by atoms with Gasteiger partial charge in [-0.2, -0.15) is 0 Å². The van der Waals surface area contributed by atoms with Crippen LogP contribution in [0.1, 0.15) is 0 Å². The summed E-state index contributed by atoms with van der Waals surface area (Å²) in [6, 6.07) is 14.4. The molecule has 0 N–H and O–H groups in total. The first-order chi connectivity index (χ1) is 7.43. The number of pyridine rings is 1. The molecule has 0 atom stereocenters. The number of rotatable bonds is 1. The highest BCUT2D eigenvalue weighted by molar-refractivity contribution is 7.13. The molecule has 0 aliphatic rings.